The lowest BCUT2D eigenvalue weighted by Crippen LogP contribution is -2.61. The quantitative estimate of drug-likeness (QED) is 0.488. The number of piperazine rings is 1. The summed E-state index contributed by atoms with van der Waals surface area (Å²) in [5.74, 6) is -0.229. The topological polar surface area (TPSA) is 129 Å². The number of carbonyl (C=O) groups excluding carboxylic acids is 1. The van der Waals surface area contributed by atoms with E-state index in [0.717, 1.165) is 12.8 Å². The molecule has 2 aromatic carbocycles. The number of carbonyl (C=O) groups is 2. The van der Waals surface area contributed by atoms with E-state index in [1.165, 1.54) is 11.0 Å². The summed E-state index contributed by atoms with van der Waals surface area (Å²) in [6, 6.07) is 14.0. The number of sulfonamides is 1. The van der Waals surface area contributed by atoms with Crippen LogP contribution in [0, 0.1) is 0 Å². The van der Waals surface area contributed by atoms with Crippen LogP contribution in [0.15, 0.2) is 65.7 Å². The number of anilines is 1. The van der Waals surface area contributed by atoms with Gasteiger partial charge in [-0.3, -0.25) is 14.5 Å². The molecule has 0 radical (unpaired) electrons. The van der Waals surface area contributed by atoms with Gasteiger partial charge in [0.2, 0.25) is 0 Å². The standard InChI is InChI=1S/C27H30N4O6S/c1-18-23(17-22-7-4-16-37-22)31(27(33)34)15-14-30(18)26(32)20-9-11-21(12-10-20)29-38(35,36)24-8-2-5-19-6-3-13-28-25(19)24/h2-3,5-6,8-13,18,22-23,29H,4,7,14-17H2,1H3,(H,33,34)/t18-,22?,23?/m1/s1. The molecule has 2 N–H and O–H groups in total. The molecule has 2 fully saturated rings. The number of rotatable bonds is 6. The van der Waals surface area contributed by atoms with Gasteiger partial charge in [-0.1, -0.05) is 18.2 Å². The average Bonchev–Trinajstić information content (AvgIpc) is 3.42. The number of hydrogen-bond acceptors (Lipinski definition) is 6. The van der Waals surface area contributed by atoms with Gasteiger partial charge in [-0.25, -0.2) is 13.2 Å². The lowest BCUT2D eigenvalue weighted by Gasteiger charge is -2.46. The minimum Gasteiger partial charge on any atom is -0.465 e. The molecule has 2 unspecified atom stereocenters. The zero-order valence-electron chi connectivity index (χ0n) is 21.0. The van der Waals surface area contributed by atoms with E-state index in [-0.39, 0.29) is 42.1 Å². The van der Waals surface area contributed by atoms with E-state index in [9.17, 15) is 23.1 Å². The molecule has 3 atom stereocenters. The molecule has 11 heteroatoms. The third kappa shape index (κ3) is 5.16. The number of hydrogen-bond donors (Lipinski definition) is 2. The lowest BCUT2D eigenvalue weighted by atomic mass is 9.95. The van der Waals surface area contributed by atoms with Gasteiger partial charge >= 0.3 is 6.09 Å². The van der Waals surface area contributed by atoms with Crippen molar-refractivity contribution in [1.82, 2.24) is 14.8 Å². The molecule has 38 heavy (non-hydrogen) atoms. The van der Waals surface area contributed by atoms with Crippen molar-refractivity contribution in [3.63, 3.8) is 0 Å². The van der Waals surface area contributed by atoms with E-state index in [1.54, 1.807) is 59.6 Å². The summed E-state index contributed by atoms with van der Waals surface area (Å²) in [5, 5.41) is 10.4. The summed E-state index contributed by atoms with van der Waals surface area (Å²) in [5.41, 5.74) is 1.09. The van der Waals surface area contributed by atoms with Gasteiger partial charge in [-0.15, -0.1) is 0 Å². The number of carboxylic acid groups (broad SMARTS) is 1. The number of fused-ring (bicyclic) bond motifs is 1. The molecule has 0 saturated carbocycles. The van der Waals surface area contributed by atoms with Gasteiger partial charge in [-0.05, 0) is 62.6 Å². The van der Waals surface area contributed by atoms with E-state index >= 15 is 0 Å². The minimum atomic E-state index is -3.92. The fourth-order valence-electron chi connectivity index (χ4n) is 5.35. The molecule has 3 aromatic rings. The maximum absolute atomic E-state index is 13.4. The smallest absolute Gasteiger partial charge is 0.407 e. The molecule has 2 aliphatic heterocycles. The first-order valence-corrected chi connectivity index (χ1v) is 14.1. The molecule has 2 saturated heterocycles. The molecule has 2 aliphatic rings. The molecule has 3 heterocycles. The maximum atomic E-state index is 13.4. The highest BCUT2D eigenvalue weighted by molar-refractivity contribution is 7.93. The van der Waals surface area contributed by atoms with Gasteiger partial charge in [0, 0.05) is 48.6 Å². The number of nitrogens with one attached hydrogen (secondary N) is 1. The Morgan fingerprint density at radius 2 is 1.82 bits per heavy atom. The Bertz CT molecular complexity index is 1430. The van der Waals surface area contributed by atoms with Crippen molar-refractivity contribution in [2.24, 2.45) is 0 Å². The number of amides is 2. The van der Waals surface area contributed by atoms with Crippen LogP contribution < -0.4 is 4.72 Å². The van der Waals surface area contributed by atoms with Gasteiger partial charge in [0.25, 0.3) is 15.9 Å². The van der Waals surface area contributed by atoms with Crippen molar-refractivity contribution in [3.05, 3.63) is 66.4 Å². The molecular formula is C27H30N4O6S. The highest BCUT2D eigenvalue weighted by atomic mass is 32.2. The summed E-state index contributed by atoms with van der Waals surface area (Å²) in [7, 11) is -3.92. The summed E-state index contributed by atoms with van der Waals surface area (Å²) in [6.07, 6.45) is 2.92. The number of para-hydroxylation sites is 1. The van der Waals surface area contributed by atoms with E-state index in [4.69, 9.17) is 4.74 Å². The van der Waals surface area contributed by atoms with Gasteiger partial charge < -0.3 is 19.6 Å². The third-order valence-electron chi connectivity index (χ3n) is 7.33. The Kier molecular flexibility index (Phi) is 7.22. The zero-order chi connectivity index (χ0) is 26.9. The second kappa shape index (κ2) is 10.6. The molecule has 0 aliphatic carbocycles. The van der Waals surface area contributed by atoms with Gasteiger partial charge in [0.05, 0.1) is 17.7 Å². The van der Waals surface area contributed by atoms with Gasteiger partial charge in [0.15, 0.2) is 0 Å². The molecule has 200 valence electrons. The first kappa shape index (κ1) is 25.9. The highest BCUT2D eigenvalue weighted by Crippen LogP contribution is 2.28. The van der Waals surface area contributed by atoms with E-state index < -0.39 is 16.1 Å². The van der Waals surface area contributed by atoms with Crippen LogP contribution in [0.3, 0.4) is 0 Å². The maximum Gasteiger partial charge on any atom is 0.407 e. The van der Waals surface area contributed by atoms with Crippen molar-refractivity contribution in [1.29, 1.82) is 0 Å². The minimum absolute atomic E-state index is 0.0106. The van der Waals surface area contributed by atoms with E-state index in [2.05, 4.69) is 9.71 Å². The van der Waals surface area contributed by atoms with Crippen molar-refractivity contribution in [3.8, 4) is 0 Å². The fraction of sp³-hybridized carbons (Fsp3) is 0.370. The Balaban J connectivity index is 1.31. The molecular weight excluding hydrogens is 508 g/mol. The highest BCUT2D eigenvalue weighted by Gasteiger charge is 2.40. The van der Waals surface area contributed by atoms with Crippen LogP contribution in [-0.4, -0.2) is 78.2 Å². The second-order valence-electron chi connectivity index (χ2n) is 9.67. The van der Waals surface area contributed by atoms with Crippen LogP contribution in [0.25, 0.3) is 10.9 Å². The van der Waals surface area contributed by atoms with E-state index in [1.807, 2.05) is 6.92 Å². The molecule has 5 rings (SSSR count). The number of benzene rings is 2. The number of aromatic nitrogens is 1. The van der Waals surface area contributed by atoms with Crippen molar-refractivity contribution >= 4 is 38.6 Å². The predicted molar refractivity (Wildman–Crippen MR) is 142 cm³/mol. The zero-order valence-corrected chi connectivity index (χ0v) is 21.8. The Labute approximate surface area is 221 Å². The average molecular weight is 539 g/mol. The van der Waals surface area contributed by atoms with Crippen molar-refractivity contribution in [2.75, 3.05) is 24.4 Å². The van der Waals surface area contributed by atoms with Crippen LogP contribution in [0.4, 0.5) is 10.5 Å². The van der Waals surface area contributed by atoms with Crippen molar-refractivity contribution in [2.45, 2.75) is 49.3 Å². The summed E-state index contributed by atoms with van der Waals surface area (Å²) >= 11 is 0. The summed E-state index contributed by atoms with van der Waals surface area (Å²) in [6.45, 7) is 3.04. The fourth-order valence-corrected chi connectivity index (χ4v) is 6.59. The monoisotopic (exact) mass is 538 g/mol. The summed E-state index contributed by atoms with van der Waals surface area (Å²) < 4.78 is 34.5. The molecule has 0 spiro atoms. The van der Waals surface area contributed by atoms with Crippen LogP contribution in [0.1, 0.15) is 36.5 Å². The molecule has 2 amide bonds. The third-order valence-corrected chi connectivity index (χ3v) is 8.75. The first-order chi connectivity index (χ1) is 18.2. The number of pyridine rings is 1. The first-order valence-electron chi connectivity index (χ1n) is 12.6. The molecule has 0 bridgehead atoms. The number of ether oxygens (including phenoxy) is 1. The van der Waals surface area contributed by atoms with Crippen LogP contribution in [0.5, 0.6) is 0 Å². The summed E-state index contributed by atoms with van der Waals surface area (Å²) in [4.78, 5) is 32.7. The Hall–Kier alpha value is -3.70. The Morgan fingerprint density at radius 3 is 2.53 bits per heavy atom. The largest absolute Gasteiger partial charge is 0.465 e. The molecule has 10 nitrogen and oxygen atoms in total. The SMILES string of the molecule is C[C@@H]1C(CC2CCCO2)N(C(=O)O)CCN1C(=O)c1ccc(NS(=O)(=O)c2cccc3cccnc23)cc1. The Morgan fingerprint density at radius 1 is 1.08 bits per heavy atom. The number of nitrogens with zero attached hydrogens (tertiary/aromatic N) is 3. The predicted octanol–water partition coefficient (Wildman–Crippen LogP) is 3.80. The van der Waals surface area contributed by atoms with Crippen LogP contribution in [0.2, 0.25) is 0 Å². The second-order valence-corrected chi connectivity index (χ2v) is 11.3. The lowest BCUT2D eigenvalue weighted by molar-refractivity contribution is 0.00347. The van der Waals surface area contributed by atoms with Crippen molar-refractivity contribution < 1.29 is 27.9 Å². The van der Waals surface area contributed by atoms with Crippen LogP contribution in [-0.2, 0) is 14.8 Å². The van der Waals surface area contributed by atoms with Gasteiger partial charge in [0.1, 0.15) is 4.90 Å². The van der Waals surface area contributed by atoms with Crippen LogP contribution >= 0.6 is 0 Å². The molecule has 1 aromatic heterocycles. The normalized spacial score (nSPS) is 22.0. The van der Waals surface area contributed by atoms with E-state index in [0.29, 0.717) is 35.2 Å². The van der Waals surface area contributed by atoms with Gasteiger partial charge in [-0.2, -0.15) is 0 Å².